The topological polar surface area (TPSA) is 42.9 Å². The van der Waals surface area contributed by atoms with Crippen molar-refractivity contribution in [2.75, 3.05) is 45.8 Å². The van der Waals surface area contributed by atoms with Crippen LogP contribution in [0.5, 0.6) is 0 Å². The van der Waals surface area contributed by atoms with Crippen molar-refractivity contribution >= 4 is 41.5 Å². The van der Waals surface area contributed by atoms with Gasteiger partial charge in [-0.1, -0.05) is 29.8 Å². The Balaban J connectivity index is 0.00000208. The fourth-order valence-corrected chi connectivity index (χ4v) is 3.46. The lowest BCUT2D eigenvalue weighted by Gasteiger charge is -2.47. The van der Waals surface area contributed by atoms with E-state index in [0.717, 1.165) is 36.2 Å². The van der Waals surface area contributed by atoms with Gasteiger partial charge in [0.15, 0.2) is 5.96 Å². The van der Waals surface area contributed by atoms with Gasteiger partial charge in [-0.25, -0.2) is 4.99 Å². The first-order valence-corrected chi connectivity index (χ1v) is 8.86. The number of aliphatic imine (C=N–C) groups is 1. The molecule has 0 saturated carbocycles. The van der Waals surface area contributed by atoms with E-state index >= 15 is 0 Å². The second kappa shape index (κ2) is 9.79. The van der Waals surface area contributed by atoms with Crippen LogP contribution >= 0.6 is 35.6 Å². The van der Waals surface area contributed by atoms with Gasteiger partial charge in [-0.2, -0.15) is 0 Å². The number of nitrogens with one attached hydrogen (secondary N) is 2. The van der Waals surface area contributed by atoms with Crippen molar-refractivity contribution in [2.24, 2.45) is 4.99 Å². The Kier molecular flexibility index (Phi) is 8.06. The predicted octanol–water partition coefficient (Wildman–Crippen LogP) is 2.01. The summed E-state index contributed by atoms with van der Waals surface area (Å²) in [4.78, 5) is 9.81. The van der Waals surface area contributed by atoms with Crippen LogP contribution in [0.1, 0.15) is 12.5 Å². The number of fused-ring (bicyclic) bond motifs is 3. The zero-order valence-corrected chi connectivity index (χ0v) is 17.3. The summed E-state index contributed by atoms with van der Waals surface area (Å²) in [6.45, 7) is 10.5. The summed E-state index contributed by atoms with van der Waals surface area (Å²) in [7, 11) is 0. The van der Waals surface area contributed by atoms with Gasteiger partial charge in [0.1, 0.15) is 0 Å². The summed E-state index contributed by atoms with van der Waals surface area (Å²) in [5.74, 6) is 0.866. The summed E-state index contributed by atoms with van der Waals surface area (Å²) in [5.41, 5.74) is 1.05. The smallest absolute Gasteiger partial charge is 0.191 e. The van der Waals surface area contributed by atoms with Crippen molar-refractivity contribution in [1.82, 2.24) is 20.4 Å². The zero-order valence-electron chi connectivity index (χ0n) is 14.2. The monoisotopic (exact) mass is 463 g/mol. The fraction of sp³-hybridized carbons (Fsp3) is 0.588. The molecular weight excluding hydrogens is 437 g/mol. The second-order valence-electron chi connectivity index (χ2n) is 6.16. The maximum absolute atomic E-state index is 6.20. The predicted molar refractivity (Wildman–Crippen MR) is 111 cm³/mol. The number of guanidine groups is 1. The van der Waals surface area contributed by atoms with Crippen LogP contribution in [0.3, 0.4) is 0 Å². The summed E-state index contributed by atoms with van der Waals surface area (Å²) < 4.78 is 0. The Hall–Kier alpha value is -0.570. The van der Waals surface area contributed by atoms with E-state index in [1.807, 2.05) is 24.3 Å². The molecule has 4 rings (SSSR count). The first-order valence-electron chi connectivity index (χ1n) is 8.48. The maximum Gasteiger partial charge on any atom is 0.191 e. The number of benzene rings is 1. The van der Waals surface area contributed by atoms with Crippen molar-refractivity contribution in [3.8, 4) is 0 Å². The van der Waals surface area contributed by atoms with E-state index in [1.54, 1.807) is 0 Å². The number of hydrogen-bond donors (Lipinski definition) is 2. The molecule has 1 aromatic carbocycles. The third kappa shape index (κ3) is 5.21. The van der Waals surface area contributed by atoms with Crippen molar-refractivity contribution in [2.45, 2.75) is 19.5 Å². The zero-order chi connectivity index (χ0) is 16.1. The van der Waals surface area contributed by atoms with Crippen LogP contribution in [-0.2, 0) is 6.54 Å². The quantitative estimate of drug-likeness (QED) is 0.398. The van der Waals surface area contributed by atoms with Crippen LogP contribution < -0.4 is 10.6 Å². The number of nitrogens with zero attached hydrogens (tertiary/aromatic N) is 3. The normalized spacial score (nSPS) is 25.9. The van der Waals surface area contributed by atoms with Gasteiger partial charge in [-0.3, -0.25) is 9.80 Å². The molecular formula is C17H27ClIN5. The van der Waals surface area contributed by atoms with Gasteiger partial charge in [0, 0.05) is 56.9 Å². The summed E-state index contributed by atoms with van der Waals surface area (Å²) in [5, 5.41) is 7.59. The highest BCUT2D eigenvalue weighted by Crippen LogP contribution is 2.16. The van der Waals surface area contributed by atoms with Crippen LogP contribution in [0.4, 0.5) is 0 Å². The fourth-order valence-electron chi connectivity index (χ4n) is 3.27. The minimum atomic E-state index is 0. The third-order valence-electron chi connectivity index (χ3n) is 4.61. The van der Waals surface area contributed by atoms with Crippen molar-refractivity contribution in [1.29, 1.82) is 0 Å². The van der Waals surface area contributed by atoms with Crippen LogP contribution in [0.15, 0.2) is 29.3 Å². The molecule has 134 valence electrons. The number of hydrogen-bond acceptors (Lipinski definition) is 3. The van der Waals surface area contributed by atoms with Crippen LogP contribution in [0, 0.1) is 0 Å². The van der Waals surface area contributed by atoms with E-state index in [0.29, 0.717) is 12.6 Å². The molecule has 1 aromatic rings. The molecule has 3 fully saturated rings. The molecule has 1 unspecified atom stereocenters. The summed E-state index contributed by atoms with van der Waals surface area (Å²) in [6, 6.07) is 8.46. The molecule has 2 bridgehead atoms. The molecule has 7 heteroatoms. The average molecular weight is 464 g/mol. The number of rotatable bonds is 5. The minimum absolute atomic E-state index is 0. The molecule has 2 N–H and O–H groups in total. The number of piperazine rings is 3. The lowest BCUT2D eigenvalue weighted by Crippen LogP contribution is -2.63. The van der Waals surface area contributed by atoms with Gasteiger partial charge < -0.3 is 10.6 Å². The second-order valence-corrected chi connectivity index (χ2v) is 6.57. The highest BCUT2D eigenvalue weighted by atomic mass is 127. The van der Waals surface area contributed by atoms with Crippen LogP contribution in [0.2, 0.25) is 5.02 Å². The Morgan fingerprint density at radius 1 is 1.21 bits per heavy atom. The van der Waals surface area contributed by atoms with E-state index in [4.69, 9.17) is 11.6 Å². The molecule has 3 heterocycles. The lowest BCUT2D eigenvalue weighted by molar-refractivity contribution is 0.0154. The largest absolute Gasteiger partial charge is 0.357 e. The summed E-state index contributed by atoms with van der Waals surface area (Å²) >= 11 is 6.20. The molecule has 3 aliphatic heterocycles. The van der Waals surface area contributed by atoms with E-state index < -0.39 is 0 Å². The highest BCUT2D eigenvalue weighted by molar-refractivity contribution is 14.0. The van der Waals surface area contributed by atoms with Crippen LogP contribution in [0.25, 0.3) is 0 Å². The van der Waals surface area contributed by atoms with E-state index in [9.17, 15) is 0 Å². The van der Waals surface area contributed by atoms with Crippen molar-refractivity contribution in [3.05, 3.63) is 34.9 Å². The van der Waals surface area contributed by atoms with Gasteiger partial charge in [-0.05, 0) is 18.6 Å². The van der Waals surface area contributed by atoms with Gasteiger partial charge >= 0.3 is 0 Å². The molecule has 0 aliphatic carbocycles. The molecule has 0 spiro atoms. The van der Waals surface area contributed by atoms with E-state index in [1.165, 1.54) is 26.2 Å². The Morgan fingerprint density at radius 2 is 1.96 bits per heavy atom. The first-order chi connectivity index (χ1) is 11.3. The molecule has 3 aliphatic rings. The number of halogens is 2. The van der Waals surface area contributed by atoms with E-state index in [2.05, 4.69) is 32.3 Å². The Morgan fingerprint density at radius 3 is 2.58 bits per heavy atom. The Labute approximate surface area is 166 Å². The molecule has 5 nitrogen and oxygen atoms in total. The molecule has 0 radical (unpaired) electrons. The van der Waals surface area contributed by atoms with E-state index in [-0.39, 0.29) is 24.0 Å². The van der Waals surface area contributed by atoms with Gasteiger partial charge in [0.25, 0.3) is 0 Å². The maximum atomic E-state index is 6.20. The van der Waals surface area contributed by atoms with Crippen molar-refractivity contribution < 1.29 is 0 Å². The summed E-state index contributed by atoms with van der Waals surface area (Å²) in [6.07, 6.45) is 0. The van der Waals surface area contributed by atoms with Gasteiger partial charge in [0.2, 0.25) is 0 Å². The Bertz CT molecular complexity index is 546. The average Bonchev–Trinajstić information content (AvgIpc) is 2.60. The first kappa shape index (κ1) is 19.8. The molecule has 0 aromatic heterocycles. The molecule has 3 saturated heterocycles. The highest BCUT2D eigenvalue weighted by Gasteiger charge is 2.31. The minimum Gasteiger partial charge on any atom is -0.357 e. The molecule has 0 amide bonds. The van der Waals surface area contributed by atoms with Crippen LogP contribution in [-0.4, -0.2) is 67.6 Å². The SMILES string of the molecule is CCNC(=NCc1ccccc1Cl)NCC1CN2CCN1CC2.I. The van der Waals surface area contributed by atoms with Crippen molar-refractivity contribution in [3.63, 3.8) is 0 Å². The van der Waals surface area contributed by atoms with Gasteiger partial charge in [-0.15, -0.1) is 24.0 Å². The standard InChI is InChI=1S/C17H26ClN5.HI/c1-2-19-17(20-11-14-5-3-4-6-16(14)18)21-12-15-13-22-7-9-23(15)10-8-22;/h3-6,15H,2,7-13H2,1H3,(H2,19,20,21);1H. The third-order valence-corrected chi connectivity index (χ3v) is 4.98. The lowest BCUT2D eigenvalue weighted by atomic mass is 10.1. The van der Waals surface area contributed by atoms with Gasteiger partial charge in [0.05, 0.1) is 6.54 Å². The molecule has 24 heavy (non-hydrogen) atoms. The molecule has 1 atom stereocenters.